The Balaban J connectivity index is 5.16. The molecule has 0 spiro atoms. The van der Waals surface area contributed by atoms with Gasteiger partial charge >= 0.3 is 5.97 Å². The van der Waals surface area contributed by atoms with Crippen molar-refractivity contribution in [3.05, 3.63) is 23.8 Å². The average molecular weight is 256 g/mol. The van der Waals surface area contributed by atoms with Crippen LogP contribution >= 0.6 is 11.8 Å². The predicted octanol–water partition coefficient (Wildman–Crippen LogP) is 3.11. The Hall–Kier alpha value is -1.03. The summed E-state index contributed by atoms with van der Waals surface area (Å²) in [5.41, 5.74) is 0.928. The molecule has 1 atom stereocenters. The number of allylic oxidation sites excluding steroid dienone is 3. The Kier molecular flexibility index (Phi) is 6.88. The Labute approximate surface area is 107 Å². The number of carbonyl (C=O) groups is 2. The molecule has 1 unspecified atom stereocenters. The first-order chi connectivity index (χ1) is 7.85. The van der Waals surface area contributed by atoms with Crippen LogP contribution in [0.4, 0.5) is 0 Å². The molecule has 0 aliphatic rings. The molecule has 3 nitrogen and oxygen atoms in total. The molecule has 0 radical (unpaired) electrons. The van der Waals surface area contributed by atoms with Crippen molar-refractivity contribution in [1.29, 1.82) is 0 Å². The fourth-order valence-corrected chi connectivity index (χ4v) is 2.43. The molecule has 4 heteroatoms. The Bertz CT molecular complexity index is 345. The summed E-state index contributed by atoms with van der Waals surface area (Å²) >= 11 is 0.980. The third-order valence-corrected chi connectivity index (χ3v) is 2.97. The summed E-state index contributed by atoms with van der Waals surface area (Å²) in [7, 11) is 0. The minimum absolute atomic E-state index is 0.106. The number of hydrogen-bond donors (Lipinski definition) is 0. The molecule has 0 bridgehead atoms. The van der Waals surface area contributed by atoms with E-state index in [0.717, 1.165) is 17.3 Å². The molecule has 0 heterocycles. The summed E-state index contributed by atoms with van der Waals surface area (Å²) in [6.45, 7) is 8.99. The van der Waals surface area contributed by atoms with Crippen molar-refractivity contribution in [2.45, 2.75) is 39.4 Å². The lowest BCUT2D eigenvalue weighted by Gasteiger charge is -2.22. The summed E-state index contributed by atoms with van der Waals surface area (Å²) in [5, 5.41) is -0.106. The Morgan fingerprint density at radius 3 is 2.35 bits per heavy atom. The van der Waals surface area contributed by atoms with E-state index < -0.39 is 4.75 Å². The van der Waals surface area contributed by atoms with Crippen LogP contribution in [-0.4, -0.2) is 22.4 Å². The molecule has 0 saturated heterocycles. The van der Waals surface area contributed by atoms with Crippen molar-refractivity contribution in [3.63, 3.8) is 0 Å². The third kappa shape index (κ3) is 5.73. The van der Waals surface area contributed by atoms with Crippen molar-refractivity contribution in [2.75, 3.05) is 6.61 Å². The summed E-state index contributed by atoms with van der Waals surface area (Å²) in [6, 6.07) is 0. The van der Waals surface area contributed by atoms with Gasteiger partial charge in [0, 0.05) is 6.92 Å². The van der Waals surface area contributed by atoms with Crippen LogP contribution in [0.2, 0.25) is 0 Å². The average Bonchev–Trinajstić information content (AvgIpc) is 2.16. The van der Waals surface area contributed by atoms with Crippen LogP contribution in [0, 0.1) is 0 Å². The number of thioether (sulfide) groups is 1. The topological polar surface area (TPSA) is 43.4 Å². The molecular formula is C13H20O3S. The predicted molar refractivity (Wildman–Crippen MR) is 71.9 cm³/mol. The van der Waals surface area contributed by atoms with Crippen LogP contribution in [0.25, 0.3) is 0 Å². The molecule has 0 saturated carbocycles. The summed E-state index contributed by atoms with van der Waals surface area (Å²) < 4.78 is 4.05. The van der Waals surface area contributed by atoms with Crippen molar-refractivity contribution in [3.8, 4) is 0 Å². The van der Waals surface area contributed by atoms with E-state index in [1.54, 1.807) is 19.9 Å². The van der Waals surface area contributed by atoms with Crippen molar-refractivity contribution in [2.24, 2.45) is 0 Å². The fourth-order valence-electron chi connectivity index (χ4n) is 1.45. The number of rotatable bonds is 5. The lowest BCUT2D eigenvalue weighted by Crippen LogP contribution is -2.33. The molecule has 17 heavy (non-hydrogen) atoms. The van der Waals surface area contributed by atoms with E-state index in [1.807, 2.05) is 26.0 Å². The first kappa shape index (κ1) is 16.0. The van der Waals surface area contributed by atoms with Crippen LogP contribution in [0.3, 0.4) is 0 Å². The van der Waals surface area contributed by atoms with Gasteiger partial charge in [0.25, 0.3) is 0 Å². The lowest BCUT2D eigenvalue weighted by molar-refractivity contribution is -0.144. The van der Waals surface area contributed by atoms with Crippen molar-refractivity contribution in [1.82, 2.24) is 0 Å². The van der Waals surface area contributed by atoms with Gasteiger partial charge in [-0.1, -0.05) is 35.6 Å². The Morgan fingerprint density at radius 1 is 1.35 bits per heavy atom. The van der Waals surface area contributed by atoms with Crippen LogP contribution in [-0.2, 0) is 14.3 Å². The molecule has 0 amide bonds. The van der Waals surface area contributed by atoms with Gasteiger partial charge in [0.1, 0.15) is 4.75 Å². The van der Waals surface area contributed by atoms with Gasteiger partial charge in [-0.15, -0.1) is 0 Å². The molecule has 0 aliphatic carbocycles. The van der Waals surface area contributed by atoms with Gasteiger partial charge in [0.2, 0.25) is 0 Å². The van der Waals surface area contributed by atoms with E-state index >= 15 is 0 Å². The zero-order valence-corrected chi connectivity index (χ0v) is 11.9. The molecular weight excluding hydrogens is 236 g/mol. The van der Waals surface area contributed by atoms with Gasteiger partial charge in [-0.25, -0.2) is 0 Å². The monoisotopic (exact) mass is 256 g/mol. The van der Waals surface area contributed by atoms with E-state index in [4.69, 9.17) is 4.74 Å². The van der Waals surface area contributed by atoms with Gasteiger partial charge in [-0.2, -0.15) is 0 Å². The highest BCUT2D eigenvalue weighted by Gasteiger charge is 2.35. The Morgan fingerprint density at radius 2 is 1.94 bits per heavy atom. The molecule has 0 aromatic rings. The highest BCUT2D eigenvalue weighted by atomic mass is 32.2. The van der Waals surface area contributed by atoms with Crippen molar-refractivity contribution < 1.29 is 14.3 Å². The smallest absolute Gasteiger partial charge is 0.326 e. The number of esters is 1. The highest BCUT2D eigenvalue weighted by molar-refractivity contribution is 8.15. The maximum atomic E-state index is 11.9. The summed E-state index contributed by atoms with van der Waals surface area (Å²) in [5.74, 6) is -0.385. The first-order valence-corrected chi connectivity index (χ1v) is 6.36. The van der Waals surface area contributed by atoms with E-state index in [0.29, 0.717) is 6.61 Å². The van der Waals surface area contributed by atoms with Gasteiger partial charge < -0.3 is 4.74 Å². The lowest BCUT2D eigenvalue weighted by atomic mass is 10.1. The summed E-state index contributed by atoms with van der Waals surface area (Å²) in [6.07, 6.45) is 5.53. The maximum Gasteiger partial charge on any atom is 0.326 e. The molecule has 96 valence electrons. The van der Waals surface area contributed by atoms with Crippen LogP contribution < -0.4 is 0 Å². The minimum atomic E-state index is -0.953. The molecule has 0 N–H and O–H groups in total. The van der Waals surface area contributed by atoms with E-state index in [2.05, 4.69) is 0 Å². The number of ether oxygens (including phenoxy) is 1. The molecule has 0 aliphatic heterocycles. The fraction of sp³-hybridized carbons (Fsp3) is 0.538. The zero-order valence-electron chi connectivity index (χ0n) is 11.1. The second kappa shape index (κ2) is 7.33. The van der Waals surface area contributed by atoms with Crippen LogP contribution in [0.1, 0.15) is 34.6 Å². The van der Waals surface area contributed by atoms with E-state index in [9.17, 15) is 9.59 Å². The zero-order chi connectivity index (χ0) is 13.5. The normalized spacial score (nSPS) is 15.7. The molecule has 0 fully saturated rings. The molecule has 0 aromatic carbocycles. The largest absolute Gasteiger partial charge is 0.465 e. The van der Waals surface area contributed by atoms with Gasteiger partial charge in [0.05, 0.1) is 6.61 Å². The van der Waals surface area contributed by atoms with E-state index in [1.165, 1.54) is 6.92 Å². The molecule has 0 aromatic heterocycles. The maximum absolute atomic E-state index is 11.9. The number of carbonyl (C=O) groups excluding carboxylic acids is 2. The quantitative estimate of drug-likeness (QED) is 0.560. The van der Waals surface area contributed by atoms with Gasteiger partial charge in [-0.05, 0) is 27.7 Å². The second-order valence-corrected chi connectivity index (χ2v) is 5.44. The summed E-state index contributed by atoms with van der Waals surface area (Å²) in [4.78, 5) is 23.1. The standard InChI is InChI=1S/C13H20O3S/c1-6-8-10(3)9-13(5,17-11(4)14)12(15)16-7-2/h6,8-9H,7H2,1-5H3. The SMILES string of the molecule is CC=CC(C)=CC(C)(SC(C)=O)C(=O)OCC. The third-order valence-electron chi connectivity index (χ3n) is 1.97. The minimum Gasteiger partial charge on any atom is -0.465 e. The number of hydrogen-bond acceptors (Lipinski definition) is 4. The van der Waals surface area contributed by atoms with Gasteiger partial charge in [0.15, 0.2) is 5.12 Å². The van der Waals surface area contributed by atoms with Crippen LogP contribution in [0.15, 0.2) is 23.8 Å². The highest BCUT2D eigenvalue weighted by Crippen LogP contribution is 2.30. The second-order valence-electron chi connectivity index (χ2n) is 3.81. The van der Waals surface area contributed by atoms with E-state index in [-0.39, 0.29) is 11.1 Å². The first-order valence-electron chi connectivity index (χ1n) is 5.54. The molecule has 0 rings (SSSR count). The van der Waals surface area contributed by atoms with Gasteiger partial charge in [-0.3, -0.25) is 9.59 Å². The van der Waals surface area contributed by atoms with Crippen molar-refractivity contribution >= 4 is 22.8 Å². The van der Waals surface area contributed by atoms with Crippen LogP contribution in [0.5, 0.6) is 0 Å².